The standard InChI is InChI=1S/C12H3F24NO2S/c1-37(11(33,34)8(25,26)10(30,31)32)40(38,39)12(35,36)7(23,24)5(19,20)3(15,16)2(13,14)4(17,18)6(21,22)9(27,28)29/h1H3. The lowest BCUT2D eigenvalue weighted by Gasteiger charge is -2.43. The van der Waals surface area contributed by atoms with Gasteiger partial charge in [0, 0.05) is 7.05 Å². The topological polar surface area (TPSA) is 37.4 Å². The van der Waals surface area contributed by atoms with Gasteiger partial charge in [-0.1, -0.05) is 0 Å². The van der Waals surface area contributed by atoms with Gasteiger partial charge in [-0.3, -0.25) is 0 Å². The van der Waals surface area contributed by atoms with Crippen LogP contribution >= 0.6 is 0 Å². The molecule has 0 spiro atoms. The molecule has 242 valence electrons. The van der Waals surface area contributed by atoms with Gasteiger partial charge in [-0.25, -0.2) is 8.42 Å². The summed E-state index contributed by atoms with van der Waals surface area (Å²) in [5.41, 5.74) is 0. The predicted octanol–water partition coefficient (Wildman–Crippen LogP) is 7.01. The molecule has 0 aliphatic carbocycles. The third-order valence-corrected chi connectivity index (χ3v) is 6.36. The van der Waals surface area contributed by atoms with Gasteiger partial charge in [0.05, 0.1) is 0 Å². The molecular weight excluding hydrogens is 678 g/mol. The van der Waals surface area contributed by atoms with Gasteiger partial charge in [-0.2, -0.15) is 105 Å². The number of hydrogen-bond donors (Lipinski definition) is 0. The highest BCUT2D eigenvalue weighted by Crippen LogP contribution is 2.65. The first-order valence-electron chi connectivity index (χ1n) is 8.18. The van der Waals surface area contributed by atoms with E-state index in [1.807, 2.05) is 0 Å². The van der Waals surface area contributed by atoms with Crippen LogP contribution in [0.3, 0.4) is 0 Å². The summed E-state index contributed by atoms with van der Waals surface area (Å²) in [5.74, 6) is -62.7. The van der Waals surface area contributed by atoms with Crippen molar-refractivity contribution in [3.8, 4) is 0 Å². The maximum absolute atomic E-state index is 13.8. The molecule has 0 saturated carbocycles. The average Bonchev–Trinajstić information content (AvgIpc) is 2.70. The van der Waals surface area contributed by atoms with Crippen molar-refractivity contribution >= 4 is 10.0 Å². The van der Waals surface area contributed by atoms with Crippen molar-refractivity contribution in [2.75, 3.05) is 7.05 Å². The SMILES string of the molecule is CN(C(F)(F)C(F)(F)C(F)(F)F)S(=O)(=O)C(F)(F)C(F)(F)C(F)(F)C(F)(F)C(F)(F)C(F)(F)C(F)(F)C(F)(F)F. The number of halogens is 24. The first kappa shape index (κ1) is 38.2. The summed E-state index contributed by atoms with van der Waals surface area (Å²) in [6.07, 6.45) is -15.8. The normalized spacial score (nSPS) is 17.1. The van der Waals surface area contributed by atoms with Crippen molar-refractivity contribution in [3.63, 3.8) is 0 Å². The van der Waals surface area contributed by atoms with Crippen LogP contribution in [-0.4, -0.2) is 84.9 Å². The van der Waals surface area contributed by atoms with Crippen molar-refractivity contribution in [1.82, 2.24) is 4.31 Å². The second kappa shape index (κ2) is 9.11. The van der Waals surface area contributed by atoms with Gasteiger partial charge in [-0.05, 0) is 0 Å². The van der Waals surface area contributed by atoms with E-state index in [0.717, 1.165) is 0 Å². The van der Waals surface area contributed by atoms with Crippen molar-refractivity contribution in [1.29, 1.82) is 0 Å². The van der Waals surface area contributed by atoms with E-state index in [1.54, 1.807) is 0 Å². The van der Waals surface area contributed by atoms with Crippen LogP contribution in [-0.2, 0) is 10.0 Å². The zero-order chi connectivity index (χ0) is 33.6. The van der Waals surface area contributed by atoms with E-state index >= 15 is 0 Å². The molecule has 0 aliphatic rings. The Hall–Kier alpha value is -1.77. The smallest absolute Gasteiger partial charge is 0.205 e. The van der Waals surface area contributed by atoms with Gasteiger partial charge in [0.1, 0.15) is 0 Å². The Labute approximate surface area is 201 Å². The van der Waals surface area contributed by atoms with Gasteiger partial charge in [0.25, 0.3) is 10.0 Å². The highest BCUT2D eigenvalue weighted by molar-refractivity contribution is 7.90. The van der Waals surface area contributed by atoms with Crippen molar-refractivity contribution < 1.29 is 114 Å². The molecule has 0 bridgehead atoms. The Kier molecular flexibility index (Phi) is 8.71. The van der Waals surface area contributed by atoms with E-state index in [4.69, 9.17) is 0 Å². The molecule has 0 aromatic carbocycles. The Morgan fingerprint density at radius 1 is 0.375 bits per heavy atom. The lowest BCUT2D eigenvalue weighted by Crippen LogP contribution is -2.75. The van der Waals surface area contributed by atoms with E-state index < -0.39 is 86.5 Å². The molecule has 0 amide bonds. The molecule has 0 heterocycles. The minimum Gasteiger partial charge on any atom is -0.205 e. The Bertz CT molecular complexity index is 1050. The first-order valence-corrected chi connectivity index (χ1v) is 9.62. The minimum absolute atomic E-state index is 1.66. The minimum atomic E-state index is -9.38. The lowest BCUT2D eigenvalue weighted by molar-refractivity contribution is -0.458. The largest absolute Gasteiger partial charge is 0.461 e. The summed E-state index contributed by atoms with van der Waals surface area (Å²) >= 11 is 0. The Morgan fingerprint density at radius 2 is 0.600 bits per heavy atom. The second-order valence-electron chi connectivity index (χ2n) is 7.05. The van der Waals surface area contributed by atoms with Gasteiger partial charge in [-0.15, -0.1) is 4.31 Å². The first-order chi connectivity index (χ1) is 16.7. The predicted molar refractivity (Wildman–Crippen MR) is 73.3 cm³/mol. The molecule has 0 fully saturated rings. The zero-order valence-electron chi connectivity index (χ0n) is 17.2. The Balaban J connectivity index is 7.27. The molecule has 28 heteroatoms. The molecule has 40 heavy (non-hydrogen) atoms. The monoisotopic (exact) mass is 681 g/mol. The van der Waals surface area contributed by atoms with Gasteiger partial charge >= 0.3 is 65.1 Å². The number of sulfonamides is 1. The summed E-state index contributed by atoms with van der Waals surface area (Å²) in [6.45, 7) is 0. The summed E-state index contributed by atoms with van der Waals surface area (Å²) < 4.78 is 331. The van der Waals surface area contributed by atoms with E-state index in [-0.39, 0.29) is 0 Å². The summed E-state index contributed by atoms with van der Waals surface area (Å²) in [5, 5.41) is -8.77. The number of rotatable bonds is 10. The number of nitrogens with zero attached hydrogens (tertiary/aromatic N) is 1. The van der Waals surface area contributed by atoms with E-state index in [1.165, 1.54) is 0 Å². The highest BCUT2D eigenvalue weighted by atomic mass is 32.2. The van der Waals surface area contributed by atoms with Crippen LogP contribution < -0.4 is 0 Å². The van der Waals surface area contributed by atoms with Gasteiger partial charge < -0.3 is 0 Å². The summed E-state index contributed by atoms with van der Waals surface area (Å²) in [6, 6.07) is -7.80. The fraction of sp³-hybridized carbons (Fsp3) is 1.00. The second-order valence-corrected chi connectivity index (χ2v) is 9.06. The fourth-order valence-corrected chi connectivity index (χ4v) is 3.22. The van der Waals surface area contributed by atoms with Crippen molar-refractivity contribution in [3.05, 3.63) is 0 Å². The molecule has 0 atom stereocenters. The van der Waals surface area contributed by atoms with Crippen LogP contribution in [0.4, 0.5) is 105 Å². The molecule has 0 unspecified atom stereocenters. The average molecular weight is 681 g/mol. The molecule has 0 aliphatic heterocycles. The maximum atomic E-state index is 13.8. The highest BCUT2D eigenvalue weighted by Gasteiger charge is 2.96. The van der Waals surface area contributed by atoms with Crippen LogP contribution in [0.15, 0.2) is 0 Å². The third-order valence-electron chi connectivity index (χ3n) is 4.51. The third kappa shape index (κ3) is 4.48. The van der Waals surface area contributed by atoms with Crippen LogP contribution in [0, 0.1) is 0 Å². The molecule has 0 N–H and O–H groups in total. The van der Waals surface area contributed by atoms with E-state index in [0.29, 0.717) is 0 Å². The molecular formula is C12H3F24NO2S. The number of hydrogen-bond acceptors (Lipinski definition) is 2. The zero-order valence-corrected chi connectivity index (χ0v) is 18.1. The maximum Gasteiger partial charge on any atom is 0.461 e. The Morgan fingerprint density at radius 3 is 0.850 bits per heavy atom. The molecule has 0 aromatic rings. The van der Waals surface area contributed by atoms with Crippen LogP contribution in [0.5, 0.6) is 0 Å². The molecule has 0 saturated heterocycles. The summed E-state index contributed by atoms with van der Waals surface area (Å²) in [7, 11) is -10.8. The van der Waals surface area contributed by atoms with E-state index in [9.17, 15) is 114 Å². The van der Waals surface area contributed by atoms with Crippen LogP contribution in [0.25, 0.3) is 0 Å². The fourth-order valence-electron chi connectivity index (χ4n) is 2.00. The van der Waals surface area contributed by atoms with Crippen LogP contribution in [0.1, 0.15) is 0 Å². The quantitative estimate of drug-likeness (QED) is 0.184. The van der Waals surface area contributed by atoms with Gasteiger partial charge in [0.2, 0.25) is 0 Å². The lowest BCUT2D eigenvalue weighted by atomic mass is 9.91. The van der Waals surface area contributed by atoms with Crippen molar-refractivity contribution in [2.24, 2.45) is 0 Å². The van der Waals surface area contributed by atoms with Crippen LogP contribution in [0.2, 0.25) is 0 Å². The van der Waals surface area contributed by atoms with Crippen molar-refractivity contribution in [2.45, 2.75) is 65.1 Å². The summed E-state index contributed by atoms with van der Waals surface area (Å²) in [4.78, 5) is 0. The molecule has 0 aromatic heterocycles. The van der Waals surface area contributed by atoms with E-state index in [2.05, 4.69) is 0 Å². The van der Waals surface area contributed by atoms with Gasteiger partial charge in [0.15, 0.2) is 0 Å². The number of alkyl halides is 24. The molecule has 3 nitrogen and oxygen atoms in total. The molecule has 0 radical (unpaired) electrons. The molecule has 0 rings (SSSR count).